The Balaban J connectivity index is 1.68. The van der Waals surface area contributed by atoms with E-state index >= 15 is 0 Å². The number of rotatable bonds is 6. The van der Waals surface area contributed by atoms with Crippen LogP contribution in [0.5, 0.6) is 11.5 Å². The minimum atomic E-state index is -4.74. The number of ether oxygens (including phenoxy) is 2. The van der Waals surface area contributed by atoms with Crippen molar-refractivity contribution in [1.29, 1.82) is 0 Å². The molecule has 1 aromatic heterocycles. The monoisotopic (exact) mass is 378 g/mol. The second-order valence-electron chi connectivity index (χ2n) is 5.39. The van der Waals surface area contributed by atoms with Crippen LogP contribution in [0.1, 0.15) is 16.1 Å². The molecule has 0 saturated heterocycles. The first-order valence-electron chi connectivity index (χ1n) is 7.60. The van der Waals surface area contributed by atoms with Crippen LogP contribution in [0, 0.1) is 0 Å². The van der Waals surface area contributed by atoms with Crippen molar-refractivity contribution in [3.63, 3.8) is 0 Å². The van der Waals surface area contributed by atoms with Gasteiger partial charge in [-0.25, -0.2) is 0 Å². The van der Waals surface area contributed by atoms with E-state index in [1.165, 1.54) is 12.1 Å². The standard InChI is InChI=1S/C17H13F3N4O3/c18-17(19,20)27-13-6-4-12(5-7-13)26-9-10-2-1-3-11(8-10)14-15(16(21)25)23-24-22-14/h1-8H,9H2,(H2,21,25)(H,22,23,24). The van der Waals surface area contributed by atoms with Crippen LogP contribution < -0.4 is 15.2 Å². The molecular weight excluding hydrogens is 365 g/mol. The summed E-state index contributed by atoms with van der Waals surface area (Å²) in [6.07, 6.45) is -4.74. The lowest BCUT2D eigenvalue weighted by atomic mass is 10.1. The van der Waals surface area contributed by atoms with Crippen LogP contribution in [-0.4, -0.2) is 27.7 Å². The van der Waals surface area contributed by atoms with Gasteiger partial charge in [0.1, 0.15) is 23.8 Å². The fourth-order valence-corrected chi connectivity index (χ4v) is 2.32. The molecule has 1 amide bonds. The number of halogens is 3. The maximum absolute atomic E-state index is 12.1. The average Bonchev–Trinajstić information content (AvgIpc) is 3.10. The third-order valence-electron chi connectivity index (χ3n) is 3.44. The van der Waals surface area contributed by atoms with Crippen molar-refractivity contribution in [2.24, 2.45) is 5.73 Å². The van der Waals surface area contributed by atoms with Gasteiger partial charge in [0.05, 0.1) is 0 Å². The topological polar surface area (TPSA) is 103 Å². The Labute approximate surface area is 150 Å². The minimum absolute atomic E-state index is 0.0216. The van der Waals surface area contributed by atoms with Crippen LogP contribution in [0.15, 0.2) is 48.5 Å². The molecule has 7 nitrogen and oxygen atoms in total. The highest BCUT2D eigenvalue weighted by molar-refractivity contribution is 5.96. The molecule has 0 radical (unpaired) electrons. The number of nitrogens with one attached hydrogen (secondary N) is 1. The molecule has 0 aliphatic carbocycles. The molecule has 0 saturated carbocycles. The third kappa shape index (κ3) is 4.75. The zero-order valence-corrected chi connectivity index (χ0v) is 13.7. The van der Waals surface area contributed by atoms with E-state index in [0.29, 0.717) is 17.0 Å². The van der Waals surface area contributed by atoms with E-state index in [-0.39, 0.29) is 18.1 Å². The maximum atomic E-state index is 12.1. The van der Waals surface area contributed by atoms with Crippen molar-refractivity contribution >= 4 is 5.91 Å². The molecule has 0 aliphatic heterocycles. The SMILES string of the molecule is NC(=O)c1n[nH]nc1-c1cccc(COc2ccc(OC(F)(F)F)cc2)c1. The molecule has 0 atom stereocenters. The number of benzene rings is 2. The first-order valence-corrected chi connectivity index (χ1v) is 7.60. The first kappa shape index (κ1) is 18.2. The van der Waals surface area contributed by atoms with Gasteiger partial charge in [0, 0.05) is 5.56 Å². The Morgan fingerprint density at radius 3 is 2.44 bits per heavy atom. The molecule has 0 bridgehead atoms. The normalized spacial score (nSPS) is 11.2. The molecule has 0 spiro atoms. The molecule has 27 heavy (non-hydrogen) atoms. The van der Waals surface area contributed by atoms with Gasteiger partial charge in [-0.2, -0.15) is 15.4 Å². The average molecular weight is 378 g/mol. The van der Waals surface area contributed by atoms with Gasteiger partial charge in [0.15, 0.2) is 5.69 Å². The van der Waals surface area contributed by atoms with Gasteiger partial charge in [-0.3, -0.25) is 4.79 Å². The Kier molecular flexibility index (Phi) is 4.97. The number of alkyl halides is 3. The van der Waals surface area contributed by atoms with Gasteiger partial charge in [0.2, 0.25) is 0 Å². The number of nitrogens with zero attached hydrogens (tertiary/aromatic N) is 2. The van der Waals surface area contributed by atoms with Gasteiger partial charge >= 0.3 is 6.36 Å². The number of aromatic amines is 1. The van der Waals surface area contributed by atoms with Crippen LogP contribution in [0.3, 0.4) is 0 Å². The van der Waals surface area contributed by atoms with E-state index in [1.807, 2.05) is 0 Å². The number of aromatic nitrogens is 3. The summed E-state index contributed by atoms with van der Waals surface area (Å²) in [6.45, 7) is 0.150. The lowest BCUT2D eigenvalue weighted by Gasteiger charge is -2.10. The molecule has 1 heterocycles. The van der Waals surface area contributed by atoms with Crippen LogP contribution >= 0.6 is 0 Å². The molecule has 3 N–H and O–H groups in total. The van der Waals surface area contributed by atoms with Crippen LogP contribution in [-0.2, 0) is 6.61 Å². The fraction of sp³-hybridized carbons (Fsp3) is 0.118. The summed E-state index contributed by atoms with van der Waals surface area (Å²) < 4.78 is 45.8. The highest BCUT2D eigenvalue weighted by Gasteiger charge is 2.30. The van der Waals surface area contributed by atoms with Crippen molar-refractivity contribution in [3.05, 3.63) is 59.8 Å². The number of carbonyl (C=O) groups excluding carboxylic acids is 1. The van der Waals surface area contributed by atoms with Gasteiger partial charge in [0.25, 0.3) is 5.91 Å². The van der Waals surface area contributed by atoms with Crippen molar-refractivity contribution < 1.29 is 27.4 Å². The summed E-state index contributed by atoms with van der Waals surface area (Å²) in [5.74, 6) is -0.669. The van der Waals surface area contributed by atoms with Crippen molar-refractivity contribution in [1.82, 2.24) is 15.4 Å². The van der Waals surface area contributed by atoms with Gasteiger partial charge in [-0.05, 0) is 35.9 Å². The number of H-pyrrole nitrogens is 1. The predicted molar refractivity (Wildman–Crippen MR) is 87.8 cm³/mol. The second kappa shape index (κ2) is 7.36. The summed E-state index contributed by atoms with van der Waals surface area (Å²) in [4.78, 5) is 11.4. The summed E-state index contributed by atoms with van der Waals surface area (Å²) in [5, 5.41) is 9.99. The van der Waals surface area contributed by atoms with Crippen molar-refractivity contribution in [2.75, 3.05) is 0 Å². The quantitative estimate of drug-likeness (QED) is 0.686. The Morgan fingerprint density at radius 2 is 1.78 bits per heavy atom. The molecule has 2 aromatic carbocycles. The fourth-order valence-electron chi connectivity index (χ4n) is 2.32. The second-order valence-corrected chi connectivity index (χ2v) is 5.39. The van der Waals surface area contributed by atoms with E-state index in [4.69, 9.17) is 10.5 Å². The van der Waals surface area contributed by atoms with Crippen molar-refractivity contribution in [3.8, 4) is 22.8 Å². The van der Waals surface area contributed by atoms with E-state index < -0.39 is 12.3 Å². The summed E-state index contributed by atoms with van der Waals surface area (Å²) in [6, 6.07) is 12.1. The van der Waals surface area contributed by atoms with Crippen LogP contribution in [0.4, 0.5) is 13.2 Å². The number of nitrogens with two attached hydrogens (primary N) is 1. The number of hydrogen-bond acceptors (Lipinski definition) is 5. The summed E-state index contributed by atoms with van der Waals surface area (Å²) in [5.41, 5.74) is 6.96. The van der Waals surface area contributed by atoms with E-state index in [0.717, 1.165) is 17.7 Å². The molecule has 0 aliphatic rings. The molecule has 140 valence electrons. The zero-order chi connectivity index (χ0) is 19.4. The number of amides is 1. The van der Waals surface area contributed by atoms with E-state index in [2.05, 4.69) is 20.1 Å². The zero-order valence-electron chi connectivity index (χ0n) is 13.7. The van der Waals surface area contributed by atoms with Crippen LogP contribution in [0.2, 0.25) is 0 Å². The van der Waals surface area contributed by atoms with Gasteiger partial charge in [-0.1, -0.05) is 18.2 Å². The maximum Gasteiger partial charge on any atom is 0.573 e. The third-order valence-corrected chi connectivity index (χ3v) is 3.44. The molecule has 3 aromatic rings. The lowest BCUT2D eigenvalue weighted by molar-refractivity contribution is -0.274. The highest BCUT2D eigenvalue weighted by Crippen LogP contribution is 2.25. The van der Waals surface area contributed by atoms with Crippen LogP contribution in [0.25, 0.3) is 11.3 Å². The first-order chi connectivity index (χ1) is 12.8. The molecule has 10 heteroatoms. The van der Waals surface area contributed by atoms with E-state index in [1.54, 1.807) is 24.3 Å². The Bertz CT molecular complexity index is 939. The number of primary amides is 1. The highest BCUT2D eigenvalue weighted by atomic mass is 19.4. The largest absolute Gasteiger partial charge is 0.573 e. The van der Waals surface area contributed by atoms with E-state index in [9.17, 15) is 18.0 Å². The number of hydrogen-bond donors (Lipinski definition) is 2. The van der Waals surface area contributed by atoms with Gasteiger partial charge in [-0.15, -0.1) is 13.2 Å². The lowest BCUT2D eigenvalue weighted by Crippen LogP contribution is -2.16. The predicted octanol–water partition coefficient (Wildman–Crippen LogP) is 3.05. The smallest absolute Gasteiger partial charge is 0.489 e. The Morgan fingerprint density at radius 1 is 1.07 bits per heavy atom. The summed E-state index contributed by atoms with van der Waals surface area (Å²) in [7, 11) is 0. The number of carbonyl (C=O) groups is 1. The Hall–Kier alpha value is -3.56. The van der Waals surface area contributed by atoms with Gasteiger partial charge < -0.3 is 15.2 Å². The minimum Gasteiger partial charge on any atom is -0.489 e. The molecule has 3 rings (SSSR count). The molecule has 0 unspecified atom stereocenters. The summed E-state index contributed by atoms with van der Waals surface area (Å²) >= 11 is 0. The van der Waals surface area contributed by atoms with Crippen molar-refractivity contribution in [2.45, 2.75) is 13.0 Å². The molecular formula is C17H13F3N4O3. The molecule has 0 fully saturated rings.